The van der Waals surface area contributed by atoms with Gasteiger partial charge in [-0.2, -0.15) is 0 Å². The predicted molar refractivity (Wildman–Crippen MR) is 83.0 cm³/mol. The summed E-state index contributed by atoms with van der Waals surface area (Å²) in [7, 11) is 0. The van der Waals surface area contributed by atoms with Gasteiger partial charge in [-0.3, -0.25) is 0 Å². The average Bonchev–Trinajstić information content (AvgIpc) is 2.40. The van der Waals surface area contributed by atoms with Crippen LogP contribution in [-0.2, 0) is 0 Å². The molecule has 0 aliphatic heterocycles. The zero-order chi connectivity index (χ0) is 14.1. The molecule has 0 aromatic heterocycles. The van der Waals surface area contributed by atoms with Crippen LogP contribution in [0.15, 0.2) is 18.2 Å². The monoisotopic (exact) mass is 263 g/mol. The summed E-state index contributed by atoms with van der Waals surface area (Å²) in [4.78, 5) is 0. The quantitative estimate of drug-likeness (QED) is 0.673. The van der Waals surface area contributed by atoms with Gasteiger partial charge in [0.1, 0.15) is 5.75 Å². The van der Waals surface area contributed by atoms with E-state index in [4.69, 9.17) is 4.74 Å². The molecule has 0 saturated heterocycles. The summed E-state index contributed by atoms with van der Waals surface area (Å²) in [5.74, 6) is 1.07. The molecule has 1 unspecified atom stereocenters. The smallest absolute Gasteiger partial charge is 0.125 e. The first-order chi connectivity index (χ1) is 9.19. The molecule has 0 spiro atoms. The van der Waals surface area contributed by atoms with Gasteiger partial charge < -0.3 is 10.1 Å². The van der Waals surface area contributed by atoms with Crippen LogP contribution < -0.4 is 10.1 Å². The van der Waals surface area contributed by atoms with Gasteiger partial charge in [-0.05, 0) is 57.2 Å². The van der Waals surface area contributed by atoms with E-state index in [2.05, 4.69) is 51.2 Å². The second-order valence-corrected chi connectivity index (χ2v) is 5.27. The number of aryl methyl sites for hydroxylation is 2. The SMILES string of the molecule is CCCNC(CC)CCCOc1c(C)cccc1C. The van der Waals surface area contributed by atoms with Crippen LogP contribution in [0.5, 0.6) is 5.75 Å². The van der Waals surface area contributed by atoms with E-state index in [1.54, 1.807) is 0 Å². The fourth-order valence-electron chi connectivity index (χ4n) is 2.33. The van der Waals surface area contributed by atoms with Gasteiger partial charge in [-0.25, -0.2) is 0 Å². The lowest BCUT2D eigenvalue weighted by Gasteiger charge is -2.17. The Kier molecular flexibility index (Phi) is 7.57. The minimum atomic E-state index is 0.640. The van der Waals surface area contributed by atoms with E-state index >= 15 is 0 Å². The Morgan fingerprint density at radius 2 is 1.84 bits per heavy atom. The predicted octanol–water partition coefficient (Wildman–Crippen LogP) is 4.24. The van der Waals surface area contributed by atoms with Crippen molar-refractivity contribution >= 4 is 0 Å². The van der Waals surface area contributed by atoms with E-state index in [1.807, 2.05) is 0 Å². The molecule has 2 nitrogen and oxygen atoms in total. The highest BCUT2D eigenvalue weighted by Gasteiger charge is 2.06. The van der Waals surface area contributed by atoms with E-state index in [9.17, 15) is 0 Å². The van der Waals surface area contributed by atoms with Crippen LogP contribution >= 0.6 is 0 Å². The van der Waals surface area contributed by atoms with Gasteiger partial charge in [0.2, 0.25) is 0 Å². The number of hydrogen-bond donors (Lipinski definition) is 1. The first kappa shape index (κ1) is 16.0. The van der Waals surface area contributed by atoms with Gasteiger partial charge in [0.15, 0.2) is 0 Å². The Morgan fingerprint density at radius 3 is 2.42 bits per heavy atom. The van der Waals surface area contributed by atoms with Crippen molar-refractivity contribution in [2.45, 2.75) is 59.4 Å². The van der Waals surface area contributed by atoms with E-state index in [0.717, 1.165) is 25.3 Å². The molecule has 1 aromatic carbocycles. The molecular formula is C17H29NO. The summed E-state index contributed by atoms with van der Waals surface area (Å²) in [6.07, 6.45) is 4.71. The fraction of sp³-hybridized carbons (Fsp3) is 0.647. The second kappa shape index (κ2) is 8.98. The van der Waals surface area contributed by atoms with Crippen molar-refractivity contribution in [3.63, 3.8) is 0 Å². The minimum absolute atomic E-state index is 0.640. The van der Waals surface area contributed by atoms with Crippen LogP contribution in [0.25, 0.3) is 0 Å². The van der Waals surface area contributed by atoms with Crippen LogP contribution in [0, 0.1) is 13.8 Å². The van der Waals surface area contributed by atoms with E-state index in [-0.39, 0.29) is 0 Å². The molecule has 0 fully saturated rings. The largest absolute Gasteiger partial charge is 0.493 e. The number of nitrogens with one attached hydrogen (secondary N) is 1. The van der Waals surface area contributed by atoms with Crippen LogP contribution in [0.3, 0.4) is 0 Å². The third-order valence-corrected chi connectivity index (χ3v) is 3.53. The van der Waals surface area contributed by atoms with Crippen molar-refractivity contribution in [1.82, 2.24) is 5.32 Å². The molecule has 0 aliphatic carbocycles. The van der Waals surface area contributed by atoms with Crippen molar-refractivity contribution in [3.05, 3.63) is 29.3 Å². The molecule has 0 heterocycles. The lowest BCUT2D eigenvalue weighted by molar-refractivity contribution is 0.291. The summed E-state index contributed by atoms with van der Waals surface area (Å²) in [6.45, 7) is 10.6. The molecule has 0 bridgehead atoms. The van der Waals surface area contributed by atoms with Gasteiger partial charge in [-0.1, -0.05) is 32.0 Å². The Labute approximate surface area is 118 Å². The van der Waals surface area contributed by atoms with Gasteiger partial charge in [0.05, 0.1) is 6.61 Å². The molecule has 1 aromatic rings. The maximum Gasteiger partial charge on any atom is 0.125 e. The summed E-state index contributed by atoms with van der Waals surface area (Å²) < 4.78 is 5.94. The Bertz CT molecular complexity index is 342. The summed E-state index contributed by atoms with van der Waals surface area (Å²) in [6, 6.07) is 6.95. The van der Waals surface area contributed by atoms with Gasteiger partial charge in [0, 0.05) is 6.04 Å². The van der Waals surface area contributed by atoms with E-state index < -0.39 is 0 Å². The summed E-state index contributed by atoms with van der Waals surface area (Å²) in [5, 5.41) is 3.58. The summed E-state index contributed by atoms with van der Waals surface area (Å²) in [5.41, 5.74) is 2.47. The molecule has 0 radical (unpaired) electrons. The molecular weight excluding hydrogens is 234 g/mol. The third-order valence-electron chi connectivity index (χ3n) is 3.53. The van der Waals surface area contributed by atoms with Gasteiger partial charge in [-0.15, -0.1) is 0 Å². The number of hydrogen-bond acceptors (Lipinski definition) is 2. The first-order valence-corrected chi connectivity index (χ1v) is 7.61. The molecule has 1 N–H and O–H groups in total. The topological polar surface area (TPSA) is 21.3 Å². The van der Waals surface area contributed by atoms with Crippen molar-refractivity contribution in [1.29, 1.82) is 0 Å². The molecule has 1 atom stereocenters. The first-order valence-electron chi connectivity index (χ1n) is 7.61. The van der Waals surface area contributed by atoms with Crippen molar-refractivity contribution in [2.75, 3.05) is 13.2 Å². The number of rotatable bonds is 9. The maximum atomic E-state index is 5.94. The standard InChI is InChI=1S/C17H29NO/c1-5-12-18-16(6-2)11-8-13-19-17-14(3)9-7-10-15(17)4/h7,9-10,16,18H,5-6,8,11-13H2,1-4H3. The van der Waals surface area contributed by atoms with Crippen molar-refractivity contribution in [2.24, 2.45) is 0 Å². The Morgan fingerprint density at radius 1 is 1.16 bits per heavy atom. The molecule has 0 aliphatic rings. The molecule has 19 heavy (non-hydrogen) atoms. The Hall–Kier alpha value is -1.02. The van der Waals surface area contributed by atoms with Crippen LogP contribution in [-0.4, -0.2) is 19.2 Å². The number of ether oxygens (including phenoxy) is 1. The average molecular weight is 263 g/mol. The highest BCUT2D eigenvalue weighted by molar-refractivity contribution is 5.39. The third kappa shape index (κ3) is 5.65. The van der Waals surface area contributed by atoms with Crippen LogP contribution in [0.1, 0.15) is 50.7 Å². The molecule has 108 valence electrons. The second-order valence-electron chi connectivity index (χ2n) is 5.27. The zero-order valence-corrected chi connectivity index (χ0v) is 13.0. The number of para-hydroxylation sites is 1. The molecule has 1 rings (SSSR count). The lowest BCUT2D eigenvalue weighted by atomic mass is 10.1. The van der Waals surface area contributed by atoms with Crippen LogP contribution in [0.4, 0.5) is 0 Å². The Balaban J connectivity index is 2.30. The van der Waals surface area contributed by atoms with Gasteiger partial charge in [0.25, 0.3) is 0 Å². The normalized spacial score (nSPS) is 12.4. The molecule has 0 saturated carbocycles. The minimum Gasteiger partial charge on any atom is -0.493 e. The highest BCUT2D eigenvalue weighted by atomic mass is 16.5. The van der Waals surface area contributed by atoms with Crippen molar-refractivity contribution in [3.8, 4) is 5.75 Å². The zero-order valence-electron chi connectivity index (χ0n) is 13.0. The van der Waals surface area contributed by atoms with E-state index in [1.165, 1.54) is 30.4 Å². The summed E-state index contributed by atoms with van der Waals surface area (Å²) >= 11 is 0. The van der Waals surface area contributed by atoms with E-state index in [0.29, 0.717) is 6.04 Å². The van der Waals surface area contributed by atoms with Crippen LogP contribution in [0.2, 0.25) is 0 Å². The number of benzene rings is 1. The fourth-order valence-corrected chi connectivity index (χ4v) is 2.33. The maximum absolute atomic E-state index is 5.94. The molecule has 0 amide bonds. The highest BCUT2D eigenvalue weighted by Crippen LogP contribution is 2.22. The van der Waals surface area contributed by atoms with Crippen molar-refractivity contribution < 1.29 is 4.74 Å². The van der Waals surface area contributed by atoms with Gasteiger partial charge >= 0.3 is 0 Å². The molecule has 2 heteroatoms. The lowest BCUT2D eigenvalue weighted by Crippen LogP contribution is -2.29.